The highest BCUT2D eigenvalue weighted by Crippen LogP contribution is 2.58. The molecule has 0 aromatic carbocycles. The molecule has 1 aromatic rings. The van der Waals surface area contributed by atoms with Gasteiger partial charge in [0.15, 0.2) is 6.23 Å². The van der Waals surface area contributed by atoms with E-state index in [-0.39, 0.29) is 0 Å². The van der Waals surface area contributed by atoms with Crippen molar-refractivity contribution in [2.45, 2.75) is 24.5 Å². The van der Waals surface area contributed by atoms with E-state index in [0.717, 1.165) is 10.6 Å². The Morgan fingerprint density at radius 3 is 2.70 bits per heavy atom. The average Bonchev–Trinajstić information content (AvgIpc) is 2.83. The van der Waals surface area contributed by atoms with E-state index >= 15 is 0 Å². The fraction of sp³-hybridized carbons (Fsp3) is 0.556. The Morgan fingerprint density at radius 1 is 1.35 bits per heavy atom. The summed E-state index contributed by atoms with van der Waals surface area (Å²) in [6.07, 6.45) is -2.82. The van der Waals surface area contributed by atoms with Crippen LogP contribution in [0.5, 0.6) is 0 Å². The minimum absolute atomic E-state index is 0.473. The van der Waals surface area contributed by atoms with Gasteiger partial charge in [-0.15, -0.1) is 0 Å². The quantitative estimate of drug-likeness (QED) is 0.550. The summed E-state index contributed by atoms with van der Waals surface area (Å²) in [5.74, 6) is 0. The molecular formula is C9H11N2O8P. The van der Waals surface area contributed by atoms with Crippen LogP contribution in [0.25, 0.3) is 0 Å². The van der Waals surface area contributed by atoms with Crippen LogP contribution in [0.15, 0.2) is 21.9 Å². The highest BCUT2D eigenvalue weighted by molar-refractivity contribution is 7.47. The molecule has 0 radical (unpaired) electrons. The minimum Gasteiger partial charge on any atom is -0.394 e. The van der Waals surface area contributed by atoms with Crippen molar-refractivity contribution in [3.8, 4) is 0 Å². The molecule has 0 bridgehead atoms. The summed E-state index contributed by atoms with van der Waals surface area (Å²) in [5.41, 5.74) is -1.35. The third-order valence-corrected chi connectivity index (χ3v) is 4.12. The summed E-state index contributed by atoms with van der Waals surface area (Å²) in [6.45, 7) is -0.473. The molecule has 0 aliphatic carbocycles. The second kappa shape index (κ2) is 4.62. The summed E-state index contributed by atoms with van der Waals surface area (Å²) in [4.78, 5) is 34.1. The number of phosphoric acid groups is 1. The van der Waals surface area contributed by atoms with Crippen molar-refractivity contribution in [1.29, 1.82) is 0 Å². The van der Waals surface area contributed by atoms with E-state index in [4.69, 9.17) is 13.8 Å². The van der Waals surface area contributed by atoms with E-state index in [2.05, 4.69) is 0 Å². The minimum atomic E-state index is -4.23. The Morgan fingerprint density at radius 2 is 2.05 bits per heavy atom. The fourth-order valence-electron chi connectivity index (χ4n) is 2.28. The van der Waals surface area contributed by atoms with Gasteiger partial charge >= 0.3 is 13.5 Å². The standard InChI is InChI=1S/C9H11N2O8P/c12-3-4-6-7(19-20(15,16)18-6)8(17-4)11-2-1-5(13)10-9(11)14/h1-2,4,6-8,12H,3H2,(H,15,16)(H,10,13,14)/t4-,6+,7+,8+/m1/s1. The third kappa shape index (κ3) is 2.16. The zero-order valence-electron chi connectivity index (χ0n) is 9.91. The summed E-state index contributed by atoms with van der Waals surface area (Å²) >= 11 is 0. The van der Waals surface area contributed by atoms with Gasteiger partial charge in [-0.05, 0) is 0 Å². The molecule has 2 aliphatic rings. The van der Waals surface area contributed by atoms with Gasteiger partial charge < -0.3 is 14.7 Å². The van der Waals surface area contributed by atoms with E-state index in [1.807, 2.05) is 4.98 Å². The number of aromatic nitrogens is 2. The molecule has 11 heteroatoms. The van der Waals surface area contributed by atoms with E-state index in [1.54, 1.807) is 0 Å². The van der Waals surface area contributed by atoms with Gasteiger partial charge in [-0.1, -0.05) is 0 Å². The lowest BCUT2D eigenvalue weighted by Gasteiger charge is -2.18. The molecule has 20 heavy (non-hydrogen) atoms. The van der Waals surface area contributed by atoms with Crippen molar-refractivity contribution < 1.29 is 28.3 Å². The molecule has 110 valence electrons. The molecule has 3 N–H and O–H groups in total. The van der Waals surface area contributed by atoms with E-state index < -0.39 is 50.2 Å². The van der Waals surface area contributed by atoms with Crippen molar-refractivity contribution >= 4 is 7.82 Å². The van der Waals surface area contributed by atoms with Crippen molar-refractivity contribution in [2.24, 2.45) is 0 Å². The number of ether oxygens (including phenoxy) is 1. The largest absolute Gasteiger partial charge is 0.473 e. The first-order valence-corrected chi connectivity index (χ1v) is 7.18. The van der Waals surface area contributed by atoms with Crippen LogP contribution in [0, 0.1) is 0 Å². The van der Waals surface area contributed by atoms with Crippen molar-refractivity contribution in [3.05, 3.63) is 33.1 Å². The molecule has 2 aliphatic heterocycles. The molecule has 2 fully saturated rings. The Labute approximate surface area is 111 Å². The van der Waals surface area contributed by atoms with E-state index in [9.17, 15) is 24.2 Å². The number of nitrogens with one attached hydrogen (secondary N) is 1. The van der Waals surface area contributed by atoms with Crippen molar-refractivity contribution in [1.82, 2.24) is 9.55 Å². The van der Waals surface area contributed by atoms with Gasteiger partial charge in [0.2, 0.25) is 0 Å². The first-order chi connectivity index (χ1) is 9.41. The molecule has 0 saturated carbocycles. The monoisotopic (exact) mass is 306 g/mol. The number of phosphoric ester groups is 1. The van der Waals surface area contributed by atoms with Gasteiger partial charge in [-0.2, -0.15) is 0 Å². The molecule has 0 spiro atoms. The van der Waals surface area contributed by atoms with E-state index in [1.165, 1.54) is 6.20 Å². The predicted octanol–water partition coefficient (Wildman–Crippen LogP) is -1.69. The number of aromatic amines is 1. The molecule has 10 nitrogen and oxygen atoms in total. The highest BCUT2D eigenvalue weighted by atomic mass is 31.2. The lowest BCUT2D eigenvalue weighted by Crippen LogP contribution is -2.36. The van der Waals surface area contributed by atoms with Gasteiger partial charge in [-0.3, -0.25) is 23.4 Å². The molecule has 3 heterocycles. The summed E-state index contributed by atoms with van der Waals surface area (Å²) in [6, 6.07) is 1.10. The van der Waals surface area contributed by atoms with Crippen molar-refractivity contribution in [2.75, 3.05) is 6.61 Å². The zero-order chi connectivity index (χ0) is 14.5. The molecule has 0 amide bonds. The third-order valence-electron chi connectivity index (χ3n) is 3.10. The maximum absolute atomic E-state index is 11.7. The predicted molar refractivity (Wildman–Crippen MR) is 61.9 cm³/mol. The normalized spacial score (nSPS) is 39.9. The molecule has 2 saturated heterocycles. The Balaban J connectivity index is 2.00. The first kappa shape index (κ1) is 13.7. The maximum atomic E-state index is 11.7. The molecule has 1 unspecified atom stereocenters. The summed E-state index contributed by atoms with van der Waals surface area (Å²) in [5, 5.41) is 9.18. The van der Waals surface area contributed by atoms with Gasteiger partial charge in [0.25, 0.3) is 5.56 Å². The van der Waals surface area contributed by atoms with Crippen LogP contribution in [0.1, 0.15) is 6.23 Å². The molecule has 3 rings (SSSR count). The second-order valence-corrected chi connectivity index (χ2v) is 5.73. The molecule has 5 atom stereocenters. The van der Waals surface area contributed by atoms with Gasteiger partial charge in [0.1, 0.15) is 18.3 Å². The maximum Gasteiger partial charge on any atom is 0.473 e. The number of hydrogen-bond acceptors (Lipinski definition) is 7. The van der Waals surface area contributed by atoms with Crippen LogP contribution >= 0.6 is 7.82 Å². The number of nitrogens with zero attached hydrogens (tertiary/aromatic N) is 1. The van der Waals surface area contributed by atoms with Crippen LogP contribution < -0.4 is 11.2 Å². The Bertz CT molecular complexity index is 683. The van der Waals surface area contributed by atoms with Crippen LogP contribution in [-0.4, -0.2) is 44.5 Å². The summed E-state index contributed by atoms with van der Waals surface area (Å²) in [7, 11) is -4.23. The molecular weight excluding hydrogens is 295 g/mol. The number of hydrogen-bond donors (Lipinski definition) is 3. The topological polar surface area (TPSA) is 140 Å². The highest BCUT2D eigenvalue weighted by Gasteiger charge is 2.57. The van der Waals surface area contributed by atoms with Gasteiger partial charge in [0, 0.05) is 12.3 Å². The second-order valence-electron chi connectivity index (χ2n) is 4.37. The lowest BCUT2D eigenvalue weighted by molar-refractivity contribution is -0.0624. The number of fused-ring (bicyclic) bond motifs is 1. The first-order valence-electron chi connectivity index (χ1n) is 5.69. The Hall–Kier alpha value is -1.29. The lowest BCUT2D eigenvalue weighted by atomic mass is 10.1. The van der Waals surface area contributed by atoms with Crippen molar-refractivity contribution in [3.63, 3.8) is 0 Å². The van der Waals surface area contributed by atoms with Gasteiger partial charge in [0.05, 0.1) is 6.61 Å². The van der Waals surface area contributed by atoms with Crippen LogP contribution in [-0.2, 0) is 18.3 Å². The van der Waals surface area contributed by atoms with Crippen LogP contribution in [0.4, 0.5) is 0 Å². The van der Waals surface area contributed by atoms with Crippen LogP contribution in [0.3, 0.4) is 0 Å². The fourth-order valence-corrected chi connectivity index (χ4v) is 3.42. The summed E-state index contributed by atoms with van der Waals surface area (Å²) < 4.78 is 27.5. The van der Waals surface area contributed by atoms with Gasteiger partial charge in [-0.25, -0.2) is 9.36 Å². The van der Waals surface area contributed by atoms with Crippen LogP contribution in [0.2, 0.25) is 0 Å². The zero-order valence-corrected chi connectivity index (χ0v) is 10.8. The number of aliphatic hydroxyl groups excluding tert-OH is 1. The number of aliphatic hydroxyl groups is 1. The average molecular weight is 306 g/mol. The number of H-pyrrole nitrogens is 1. The molecule has 1 aromatic heterocycles. The SMILES string of the molecule is O=c1ccn([C@H]2O[C@H](CO)[C@@H]3OP(=O)(O)O[C@@H]32)c(=O)[nH]1. The number of rotatable bonds is 2. The van der Waals surface area contributed by atoms with E-state index in [0.29, 0.717) is 0 Å². The smallest absolute Gasteiger partial charge is 0.394 e. The Kier molecular flexibility index (Phi) is 3.16.